The van der Waals surface area contributed by atoms with E-state index in [-0.39, 0.29) is 29.7 Å². The first kappa shape index (κ1) is 28.9. The maximum absolute atomic E-state index is 12.7. The molecule has 10 nitrogen and oxygen atoms in total. The Bertz CT molecular complexity index is 3070. The molecule has 10 heteroatoms. The van der Waals surface area contributed by atoms with Crippen LogP contribution < -0.4 is 15.5 Å². The SMILES string of the molecule is Cn1c2c(c3ccccc31)C1=C(C(=O)NC1=O)N1c3ccccc3CC21.Cn1c2ccccc2c2c3c(n4c5ccccc5cc4c21)C(=O)NC3=O. The quantitative estimate of drug-likeness (QED) is 0.183. The predicted octanol–water partition coefficient (Wildman–Crippen LogP) is 6.28. The molecule has 8 heterocycles. The van der Waals surface area contributed by atoms with Gasteiger partial charge in [0.15, 0.2) is 0 Å². The number of rotatable bonds is 0. The Morgan fingerprint density at radius 3 is 2.08 bits per heavy atom. The van der Waals surface area contributed by atoms with Crippen molar-refractivity contribution in [3.05, 3.63) is 137 Å². The number of anilines is 1. The van der Waals surface area contributed by atoms with E-state index in [1.165, 1.54) is 5.56 Å². The molecule has 0 saturated carbocycles. The van der Waals surface area contributed by atoms with E-state index in [9.17, 15) is 19.2 Å². The highest BCUT2D eigenvalue weighted by molar-refractivity contribution is 6.39. The number of carbonyl (C=O) groups is 4. The second-order valence-electron chi connectivity index (χ2n) is 13.8. The van der Waals surface area contributed by atoms with E-state index in [2.05, 4.69) is 42.9 Å². The minimum atomic E-state index is -0.341. The van der Waals surface area contributed by atoms with Gasteiger partial charge in [0.1, 0.15) is 11.4 Å². The van der Waals surface area contributed by atoms with Gasteiger partial charge in [0.25, 0.3) is 23.6 Å². The number of aryl methyl sites for hydroxylation is 2. The molecule has 0 fully saturated rings. The molecule has 4 aromatic carbocycles. The first-order valence-electron chi connectivity index (χ1n) is 17.2. The third kappa shape index (κ3) is 3.43. The smallest absolute Gasteiger partial charge is 0.275 e. The number of nitrogens with one attached hydrogen (secondary N) is 2. The predicted molar refractivity (Wildman–Crippen MR) is 199 cm³/mol. The summed E-state index contributed by atoms with van der Waals surface area (Å²) in [5.41, 5.74) is 11.1. The number of fused-ring (bicyclic) bond motifs is 19. The summed E-state index contributed by atoms with van der Waals surface area (Å²) >= 11 is 0. The van der Waals surface area contributed by atoms with Gasteiger partial charge in [-0.15, -0.1) is 0 Å². The van der Waals surface area contributed by atoms with Gasteiger partial charge in [-0.05, 0) is 35.9 Å². The molecule has 2 N–H and O–H groups in total. The molecule has 0 aliphatic carbocycles. The maximum Gasteiger partial charge on any atom is 0.275 e. The van der Waals surface area contributed by atoms with Gasteiger partial charge in [0, 0.05) is 64.3 Å². The highest BCUT2D eigenvalue weighted by Crippen LogP contribution is 2.52. The van der Waals surface area contributed by atoms with Crippen LogP contribution >= 0.6 is 0 Å². The fourth-order valence-electron chi connectivity index (χ4n) is 9.26. The second-order valence-corrected chi connectivity index (χ2v) is 13.8. The minimum absolute atomic E-state index is 0.0233. The van der Waals surface area contributed by atoms with E-state index in [0.29, 0.717) is 22.5 Å². The highest BCUT2D eigenvalue weighted by Gasteiger charge is 2.49. The van der Waals surface area contributed by atoms with Crippen molar-refractivity contribution < 1.29 is 19.2 Å². The first-order chi connectivity index (χ1) is 25.3. The summed E-state index contributed by atoms with van der Waals surface area (Å²) < 4.78 is 6.20. The van der Waals surface area contributed by atoms with Gasteiger partial charge < -0.3 is 18.4 Å². The van der Waals surface area contributed by atoms with Crippen LogP contribution in [0.25, 0.3) is 54.7 Å². The van der Waals surface area contributed by atoms with Crippen molar-refractivity contribution in [1.82, 2.24) is 24.2 Å². The lowest BCUT2D eigenvalue weighted by Crippen LogP contribution is -2.34. The molecule has 4 amide bonds. The average Bonchev–Trinajstić information content (AvgIpc) is 3.98. The van der Waals surface area contributed by atoms with Crippen LogP contribution in [-0.4, -0.2) is 37.2 Å². The summed E-state index contributed by atoms with van der Waals surface area (Å²) in [4.78, 5) is 52.8. The molecule has 4 aliphatic heterocycles. The van der Waals surface area contributed by atoms with E-state index in [1.807, 2.05) is 103 Å². The standard InChI is InChI=1S/C21H15N3O2.C21H13N3O2/c2*1-23-14-9-5-3-7-12(14)16-17-19(21(26)22-20(17)25)24-13-8-4-2-6-11(13)10-15(24)18(16)23/h2-9,15H,10H2,1H3,(H,22,25,26);2-10H,1H3,(H,22,25,26). The third-order valence-corrected chi connectivity index (χ3v) is 11.3. The number of carbonyl (C=O) groups excluding carboxylic acids is 4. The highest BCUT2D eigenvalue weighted by atomic mass is 16.2. The van der Waals surface area contributed by atoms with Gasteiger partial charge >= 0.3 is 0 Å². The molecular formula is C42H28N6O4. The van der Waals surface area contributed by atoms with E-state index in [1.54, 1.807) is 0 Å². The molecular weight excluding hydrogens is 653 g/mol. The Balaban J connectivity index is 0.000000123. The zero-order valence-corrected chi connectivity index (χ0v) is 28.0. The largest absolute Gasteiger partial charge is 0.345 e. The summed E-state index contributed by atoms with van der Waals surface area (Å²) in [6.07, 6.45) is 0.825. The van der Waals surface area contributed by atoms with Crippen molar-refractivity contribution in [3.8, 4) is 0 Å². The zero-order chi connectivity index (χ0) is 35.2. The monoisotopic (exact) mass is 680 g/mol. The number of pyridine rings is 1. The van der Waals surface area contributed by atoms with Crippen molar-refractivity contribution in [1.29, 1.82) is 0 Å². The Kier molecular flexibility index (Phi) is 5.47. The van der Waals surface area contributed by atoms with Crippen LogP contribution in [0.4, 0.5) is 5.69 Å². The van der Waals surface area contributed by atoms with Crippen LogP contribution in [-0.2, 0) is 30.1 Å². The first-order valence-corrected chi connectivity index (χ1v) is 17.2. The lowest BCUT2D eigenvalue weighted by Gasteiger charge is -2.33. The average molecular weight is 681 g/mol. The number of nitrogens with zero attached hydrogens (tertiary/aromatic N) is 4. The number of hydrogen-bond donors (Lipinski definition) is 2. The molecule has 12 rings (SSSR count). The van der Waals surface area contributed by atoms with Crippen LogP contribution in [0.2, 0.25) is 0 Å². The van der Waals surface area contributed by atoms with Gasteiger partial charge in [0.2, 0.25) is 0 Å². The number of para-hydroxylation sites is 4. The summed E-state index contributed by atoms with van der Waals surface area (Å²) in [5.74, 6) is -1.27. The molecule has 1 unspecified atom stereocenters. The van der Waals surface area contributed by atoms with Crippen LogP contribution in [0.15, 0.2) is 109 Å². The van der Waals surface area contributed by atoms with Gasteiger partial charge in [-0.3, -0.25) is 29.8 Å². The van der Waals surface area contributed by atoms with Crippen molar-refractivity contribution in [2.24, 2.45) is 14.1 Å². The van der Waals surface area contributed by atoms with Gasteiger partial charge in [-0.25, -0.2) is 0 Å². The van der Waals surface area contributed by atoms with Crippen molar-refractivity contribution in [3.63, 3.8) is 0 Å². The van der Waals surface area contributed by atoms with Gasteiger partial charge in [-0.2, -0.15) is 0 Å². The molecule has 0 spiro atoms. The van der Waals surface area contributed by atoms with Gasteiger partial charge in [0.05, 0.1) is 39.4 Å². The topological polar surface area (TPSA) is 110 Å². The number of imide groups is 2. The molecule has 4 aliphatic rings. The van der Waals surface area contributed by atoms with Crippen molar-refractivity contribution >= 4 is 84.0 Å². The van der Waals surface area contributed by atoms with Crippen LogP contribution in [0, 0.1) is 0 Å². The zero-order valence-electron chi connectivity index (χ0n) is 28.0. The molecule has 52 heavy (non-hydrogen) atoms. The van der Waals surface area contributed by atoms with Crippen molar-refractivity contribution in [2.75, 3.05) is 4.90 Å². The normalized spacial score (nSPS) is 17.1. The molecule has 4 aromatic heterocycles. The fourth-order valence-corrected chi connectivity index (χ4v) is 9.26. The molecule has 8 aromatic rings. The molecule has 0 bridgehead atoms. The van der Waals surface area contributed by atoms with E-state index in [0.717, 1.165) is 72.5 Å². The maximum atomic E-state index is 12.7. The third-order valence-electron chi connectivity index (χ3n) is 11.3. The minimum Gasteiger partial charge on any atom is -0.345 e. The van der Waals surface area contributed by atoms with E-state index in [4.69, 9.17) is 0 Å². The summed E-state index contributed by atoms with van der Waals surface area (Å²) in [5, 5.41) is 8.90. The number of benzene rings is 4. The lowest BCUT2D eigenvalue weighted by atomic mass is 9.92. The lowest BCUT2D eigenvalue weighted by molar-refractivity contribution is -0.123. The molecule has 250 valence electrons. The molecule has 1 atom stereocenters. The Labute approximate surface area is 295 Å². The van der Waals surface area contributed by atoms with Crippen LogP contribution in [0.5, 0.6) is 0 Å². The number of hydrogen-bond acceptors (Lipinski definition) is 5. The summed E-state index contributed by atoms with van der Waals surface area (Å²) in [6.45, 7) is 0. The number of aromatic nitrogens is 3. The van der Waals surface area contributed by atoms with E-state index >= 15 is 0 Å². The fraction of sp³-hybridized carbons (Fsp3) is 0.0952. The van der Waals surface area contributed by atoms with Crippen molar-refractivity contribution in [2.45, 2.75) is 12.5 Å². The molecule has 0 saturated heterocycles. The summed E-state index contributed by atoms with van der Waals surface area (Å²) in [6, 6.07) is 34.2. The van der Waals surface area contributed by atoms with Crippen LogP contribution in [0.1, 0.15) is 43.7 Å². The number of amides is 4. The Morgan fingerprint density at radius 2 is 1.27 bits per heavy atom. The molecule has 0 radical (unpaired) electrons. The Hall–Kier alpha value is -6.94. The van der Waals surface area contributed by atoms with Crippen LogP contribution in [0.3, 0.4) is 0 Å². The summed E-state index contributed by atoms with van der Waals surface area (Å²) in [7, 11) is 4.05. The Morgan fingerprint density at radius 1 is 0.615 bits per heavy atom. The second kappa shape index (κ2) is 9.85. The van der Waals surface area contributed by atoms with E-state index < -0.39 is 0 Å². The van der Waals surface area contributed by atoms with Gasteiger partial charge in [-0.1, -0.05) is 72.8 Å².